The standard InChI is InChI=1S/C22H26N2O/c1-15-9-5-6-10-17(15)24-16(2)19-20-18(11-14-25-20)23(3)21(19)22(24)12-7-4-8-13-22/h5-6,9-11,14,16H,4,7-8,12-13H2,1-3H3. The zero-order valence-electron chi connectivity index (χ0n) is 15.4. The zero-order valence-corrected chi connectivity index (χ0v) is 15.4. The van der Waals surface area contributed by atoms with E-state index >= 15 is 0 Å². The van der Waals surface area contributed by atoms with Crippen LogP contribution in [0.25, 0.3) is 11.1 Å². The first-order valence-corrected chi connectivity index (χ1v) is 9.56. The molecule has 1 atom stereocenters. The first-order valence-electron chi connectivity index (χ1n) is 9.56. The van der Waals surface area contributed by atoms with Crippen LogP contribution in [-0.2, 0) is 12.6 Å². The number of hydrogen-bond acceptors (Lipinski definition) is 2. The molecule has 5 rings (SSSR count). The number of hydrogen-bond donors (Lipinski definition) is 0. The highest BCUT2D eigenvalue weighted by molar-refractivity contribution is 5.84. The van der Waals surface area contributed by atoms with Gasteiger partial charge >= 0.3 is 0 Å². The van der Waals surface area contributed by atoms with Crippen molar-refractivity contribution in [3.8, 4) is 0 Å². The maximum Gasteiger partial charge on any atom is 0.157 e. The Labute approximate surface area is 149 Å². The summed E-state index contributed by atoms with van der Waals surface area (Å²) < 4.78 is 8.36. The zero-order chi connectivity index (χ0) is 17.2. The van der Waals surface area contributed by atoms with Crippen LogP contribution in [0.5, 0.6) is 0 Å². The van der Waals surface area contributed by atoms with Crippen molar-refractivity contribution in [3.63, 3.8) is 0 Å². The smallest absolute Gasteiger partial charge is 0.157 e. The highest BCUT2D eigenvalue weighted by Crippen LogP contribution is 2.57. The molecule has 0 N–H and O–H groups in total. The summed E-state index contributed by atoms with van der Waals surface area (Å²) in [6.07, 6.45) is 8.27. The van der Waals surface area contributed by atoms with Crippen molar-refractivity contribution in [2.45, 2.75) is 57.5 Å². The van der Waals surface area contributed by atoms with Crippen LogP contribution in [0.1, 0.15) is 61.9 Å². The quantitative estimate of drug-likeness (QED) is 0.559. The number of aryl methyl sites for hydroxylation is 2. The molecule has 25 heavy (non-hydrogen) atoms. The normalized spacial score (nSPS) is 22.0. The van der Waals surface area contributed by atoms with E-state index in [1.807, 2.05) is 6.26 Å². The lowest BCUT2D eigenvalue weighted by atomic mass is 9.78. The van der Waals surface area contributed by atoms with Crippen LogP contribution in [0.2, 0.25) is 0 Å². The third-order valence-electron chi connectivity index (χ3n) is 6.60. The molecule has 3 heteroatoms. The Morgan fingerprint density at radius 1 is 1.08 bits per heavy atom. The molecular weight excluding hydrogens is 308 g/mol. The number of nitrogens with zero attached hydrogens (tertiary/aromatic N) is 2. The number of anilines is 1. The van der Waals surface area contributed by atoms with Gasteiger partial charge in [-0.3, -0.25) is 0 Å². The van der Waals surface area contributed by atoms with Gasteiger partial charge in [0.25, 0.3) is 0 Å². The maximum absolute atomic E-state index is 5.95. The van der Waals surface area contributed by atoms with E-state index in [9.17, 15) is 0 Å². The van der Waals surface area contributed by atoms with Crippen LogP contribution in [0.3, 0.4) is 0 Å². The Hall–Kier alpha value is -2.16. The minimum Gasteiger partial charge on any atom is -0.462 e. The first kappa shape index (κ1) is 15.1. The molecule has 0 amide bonds. The molecule has 3 aromatic rings. The lowest BCUT2D eigenvalue weighted by Gasteiger charge is -2.46. The van der Waals surface area contributed by atoms with Gasteiger partial charge in [-0.25, -0.2) is 0 Å². The van der Waals surface area contributed by atoms with Crippen LogP contribution in [-0.4, -0.2) is 4.57 Å². The number of para-hydroxylation sites is 1. The van der Waals surface area contributed by atoms with E-state index < -0.39 is 0 Å². The summed E-state index contributed by atoms with van der Waals surface area (Å²) in [4.78, 5) is 2.72. The molecule has 1 spiro atoms. The molecule has 1 fully saturated rings. The van der Waals surface area contributed by atoms with Gasteiger partial charge < -0.3 is 13.9 Å². The predicted octanol–water partition coefficient (Wildman–Crippen LogP) is 5.82. The monoisotopic (exact) mass is 334 g/mol. The Morgan fingerprint density at radius 2 is 1.84 bits per heavy atom. The molecule has 0 bridgehead atoms. The van der Waals surface area contributed by atoms with Crippen LogP contribution < -0.4 is 4.90 Å². The maximum atomic E-state index is 5.95. The molecule has 0 saturated heterocycles. The Balaban J connectivity index is 1.81. The highest BCUT2D eigenvalue weighted by Gasteiger charge is 2.53. The first-order chi connectivity index (χ1) is 12.1. The van der Waals surface area contributed by atoms with E-state index in [1.54, 1.807) is 0 Å². The van der Waals surface area contributed by atoms with Crippen molar-refractivity contribution in [2.24, 2.45) is 7.05 Å². The molecule has 3 nitrogen and oxygen atoms in total. The number of benzene rings is 1. The predicted molar refractivity (Wildman–Crippen MR) is 102 cm³/mol. The van der Waals surface area contributed by atoms with Crippen LogP contribution in [0.4, 0.5) is 5.69 Å². The van der Waals surface area contributed by atoms with Crippen molar-refractivity contribution in [1.29, 1.82) is 0 Å². The van der Waals surface area contributed by atoms with Crippen LogP contribution in [0, 0.1) is 6.92 Å². The third-order valence-corrected chi connectivity index (χ3v) is 6.60. The third kappa shape index (κ3) is 1.81. The Bertz CT molecular complexity index is 942. The van der Waals surface area contributed by atoms with Gasteiger partial charge in [0, 0.05) is 24.4 Å². The Kier molecular flexibility index (Phi) is 3.13. The SMILES string of the molecule is Cc1ccccc1N1C(C)c2c(n(C)c3ccoc23)C12CCCCC2. The molecule has 2 aliphatic rings. The minimum atomic E-state index is 0.107. The molecule has 1 unspecified atom stereocenters. The van der Waals surface area contributed by atoms with Crippen molar-refractivity contribution in [1.82, 2.24) is 4.57 Å². The second-order valence-corrected chi connectivity index (χ2v) is 7.88. The number of fused-ring (bicyclic) bond motifs is 4. The fraction of sp³-hybridized carbons (Fsp3) is 0.455. The lowest BCUT2D eigenvalue weighted by molar-refractivity contribution is 0.273. The molecule has 3 heterocycles. The van der Waals surface area contributed by atoms with Crippen molar-refractivity contribution < 1.29 is 4.42 Å². The molecule has 1 aliphatic heterocycles. The van der Waals surface area contributed by atoms with Crippen molar-refractivity contribution in [3.05, 3.63) is 53.4 Å². The van der Waals surface area contributed by atoms with Gasteiger partial charge in [-0.05, 0) is 38.3 Å². The molecular formula is C22H26N2O. The summed E-state index contributed by atoms with van der Waals surface area (Å²) in [6, 6.07) is 11.3. The summed E-state index contributed by atoms with van der Waals surface area (Å²) in [7, 11) is 2.22. The second-order valence-electron chi connectivity index (χ2n) is 7.88. The van der Waals surface area contributed by atoms with Gasteiger partial charge in [0.2, 0.25) is 0 Å². The minimum absolute atomic E-state index is 0.107. The molecule has 130 valence electrons. The topological polar surface area (TPSA) is 21.3 Å². The lowest BCUT2D eigenvalue weighted by Crippen LogP contribution is -2.45. The van der Waals surface area contributed by atoms with Crippen molar-refractivity contribution >= 4 is 16.8 Å². The van der Waals surface area contributed by atoms with Crippen LogP contribution in [0.15, 0.2) is 41.0 Å². The second kappa shape index (κ2) is 5.17. The number of furan rings is 1. The summed E-state index contributed by atoms with van der Waals surface area (Å²) in [6.45, 7) is 4.60. The van der Waals surface area contributed by atoms with Gasteiger partial charge in [0.05, 0.1) is 29.1 Å². The van der Waals surface area contributed by atoms with Gasteiger partial charge in [0.15, 0.2) is 5.58 Å². The van der Waals surface area contributed by atoms with E-state index in [4.69, 9.17) is 4.42 Å². The van der Waals surface area contributed by atoms with Crippen molar-refractivity contribution in [2.75, 3.05) is 4.90 Å². The molecule has 2 aromatic heterocycles. The summed E-state index contributed by atoms with van der Waals surface area (Å²) in [5, 5.41) is 0. The highest BCUT2D eigenvalue weighted by atomic mass is 16.3. The number of rotatable bonds is 1. The molecule has 1 aliphatic carbocycles. The van der Waals surface area contributed by atoms with Crippen LogP contribution >= 0.6 is 0 Å². The Morgan fingerprint density at radius 3 is 2.60 bits per heavy atom. The summed E-state index contributed by atoms with van der Waals surface area (Å²) in [5.74, 6) is 0. The summed E-state index contributed by atoms with van der Waals surface area (Å²) in [5.41, 5.74) is 8.09. The largest absolute Gasteiger partial charge is 0.462 e. The molecule has 0 radical (unpaired) electrons. The van der Waals surface area contributed by atoms with E-state index in [2.05, 4.69) is 60.7 Å². The van der Waals surface area contributed by atoms with E-state index in [1.165, 1.54) is 60.1 Å². The van der Waals surface area contributed by atoms with E-state index in [-0.39, 0.29) is 5.54 Å². The van der Waals surface area contributed by atoms with Gasteiger partial charge in [-0.15, -0.1) is 0 Å². The fourth-order valence-corrected chi connectivity index (χ4v) is 5.63. The van der Waals surface area contributed by atoms with Gasteiger partial charge in [-0.1, -0.05) is 37.5 Å². The van der Waals surface area contributed by atoms with E-state index in [0.29, 0.717) is 6.04 Å². The molecule has 1 aromatic carbocycles. The average molecular weight is 334 g/mol. The molecule has 1 saturated carbocycles. The van der Waals surface area contributed by atoms with E-state index in [0.717, 1.165) is 5.58 Å². The fourth-order valence-electron chi connectivity index (χ4n) is 5.63. The van der Waals surface area contributed by atoms with Gasteiger partial charge in [0.1, 0.15) is 0 Å². The number of aromatic nitrogens is 1. The summed E-state index contributed by atoms with van der Waals surface area (Å²) >= 11 is 0. The van der Waals surface area contributed by atoms with Gasteiger partial charge in [-0.2, -0.15) is 0 Å². The average Bonchev–Trinajstić information content (AvgIpc) is 3.25.